The Balaban J connectivity index is 0.953. The van der Waals surface area contributed by atoms with E-state index in [1.165, 1.54) is 148 Å². The zero-order valence-corrected chi connectivity index (χ0v) is 48.2. The van der Waals surface area contributed by atoms with Crippen molar-refractivity contribution in [3.05, 3.63) is 241 Å². The highest BCUT2D eigenvalue weighted by Crippen LogP contribution is 2.63. The second-order valence-corrected chi connectivity index (χ2v) is 25.2. The number of nitrogens with zero attached hydrogens (tertiary/aromatic N) is 4. The first-order valence-electron chi connectivity index (χ1n) is 30.0. The summed E-state index contributed by atoms with van der Waals surface area (Å²) in [6.45, 7) is 14.4. The molecule has 2 aliphatic carbocycles. The van der Waals surface area contributed by atoms with Crippen molar-refractivity contribution < 1.29 is 0 Å². The van der Waals surface area contributed by atoms with Crippen LogP contribution in [-0.4, -0.2) is 21.0 Å². The van der Waals surface area contributed by atoms with Crippen LogP contribution >= 0.6 is 0 Å². The summed E-state index contributed by atoms with van der Waals surface area (Å²) in [5.74, 6) is 0. The summed E-state index contributed by atoms with van der Waals surface area (Å²) in [6, 6.07) is 78.7. The van der Waals surface area contributed by atoms with E-state index in [9.17, 15) is 0 Å². The Morgan fingerprint density at radius 2 is 0.659 bits per heavy atom. The van der Waals surface area contributed by atoms with E-state index in [4.69, 9.17) is 0 Å². The molecule has 4 aliphatic rings. The lowest BCUT2D eigenvalue weighted by Gasteiger charge is -2.50. The van der Waals surface area contributed by atoms with E-state index < -0.39 is 0 Å². The van der Waals surface area contributed by atoms with Crippen molar-refractivity contribution in [1.29, 1.82) is 0 Å². The van der Waals surface area contributed by atoms with Gasteiger partial charge in [0, 0.05) is 57.4 Å². The summed E-state index contributed by atoms with van der Waals surface area (Å²) in [7, 11) is 0. The average molecular weight is 1060 g/mol. The smallest absolute Gasteiger partial charge is 0.0517 e. The summed E-state index contributed by atoms with van der Waals surface area (Å²) in [5.41, 5.74) is 24.8. The first-order valence-corrected chi connectivity index (χ1v) is 30.0. The Morgan fingerprint density at radius 1 is 0.317 bits per heavy atom. The Morgan fingerprint density at radius 3 is 1.06 bits per heavy atom. The number of fused-ring (bicyclic) bond motifs is 8. The molecule has 0 saturated heterocycles. The second kappa shape index (κ2) is 19.0. The molecule has 9 aromatic carbocycles. The van der Waals surface area contributed by atoms with Gasteiger partial charge in [-0.15, -0.1) is 0 Å². The molecule has 402 valence electrons. The van der Waals surface area contributed by atoms with E-state index in [0.29, 0.717) is 0 Å². The number of hydrogen-bond acceptors (Lipinski definition) is 4. The van der Waals surface area contributed by atoms with Crippen molar-refractivity contribution in [2.75, 3.05) is 9.80 Å². The fourth-order valence-electron chi connectivity index (χ4n) is 16.1. The number of rotatable bonds is 8. The third-order valence-corrected chi connectivity index (χ3v) is 20.8. The molecule has 0 N–H and O–H groups in total. The molecule has 4 heteroatoms. The molecule has 4 atom stereocenters. The molecule has 0 bridgehead atoms. The summed E-state index contributed by atoms with van der Waals surface area (Å²) in [5, 5.41) is 5.00. The molecule has 2 saturated carbocycles. The van der Waals surface area contributed by atoms with E-state index in [1.807, 2.05) is 12.4 Å². The van der Waals surface area contributed by atoms with Crippen molar-refractivity contribution in [1.82, 2.24) is 9.97 Å². The molecule has 0 amide bonds. The second-order valence-electron chi connectivity index (χ2n) is 25.2. The number of anilines is 4. The van der Waals surface area contributed by atoms with Crippen molar-refractivity contribution >= 4 is 44.3 Å². The Hall–Kier alpha value is -8.60. The van der Waals surface area contributed by atoms with Crippen LogP contribution in [0.15, 0.2) is 219 Å². The topological polar surface area (TPSA) is 32.3 Å². The highest BCUT2D eigenvalue weighted by Gasteiger charge is 2.59. The van der Waals surface area contributed by atoms with E-state index in [2.05, 4.69) is 268 Å². The van der Waals surface area contributed by atoms with Gasteiger partial charge >= 0.3 is 0 Å². The Labute approximate surface area is 484 Å². The van der Waals surface area contributed by atoms with Crippen LogP contribution in [0.3, 0.4) is 0 Å². The van der Waals surface area contributed by atoms with E-state index in [-0.39, 0.29) is 21.9 Å². The molecular weight excluding hydrogens is 993 g/mol. The third-order valence-electron chi connectivity index (χ3n) is 20.8. The fourth-order valence-corrected chi connectivity index (χ4v) is 16.1. The summed E-state index contributed by atoms with van der Waals surface area (Å²) < 4.78 is 0. The monoisotopic (exact) mass is 1060 g/mol. The molecule has 2 aromatic heterocycles. The first kappa shape index (κ1) is 50.4. The van der Waals surface area contributed by atoms with Gasteiger partial charge < -0.3 is 9.80 Å². The van der Waals surface area contributed by atoms with Gasteiger partial charge in [-0.05, 0) is 213 Å². The minimum atomic E-state index is -0.0565. The Bertz CT molecular complexity index is 4040. The van der Waals surface area contributed by atoms with Crippen LogP contribution in [0, 0.1) is 13.8 Å². The van der Waals surface area contributed by atoms with Gasteiger partial charge in [0.15, 0.2) is 0 Å². The molecule has 4 heterocycles. The molecule has 0 radical (unpaired) electrons. The van der Waals surface area contributed by atoms with Crippen molar-refractivity contribution in [2.45, 2.75) is 115 Å². The molecule has 15 rings (SSSR count). The van der Waals surface area contributed by atoms with Crippen LogP contribution in [0.2, 0.25) is 0 Å². The van der Waals surface area contributed by atoms with Crippen LogP contribution in [0.5, 0.6) is 0 Å². The molecule has 4 nitrogen and oxygen atoms in total. The van der Waals surface area contributed by atoms with Crippen molar-refractivity contribution in [3.8, 4) is 66.8 Å². The van der Waals surface area contributed by atoms with Gasteiger partial charge in [-0.25, -0.2) is 0 Å². The maximum Gasteiger partial charge on any atom is 0.0517 e. The number of benzene rings is 9. The van der Waals surface area contributed by atoms with E-state index in [0.717, 1.165) is 37.1 Å². The van der Waals surface area contributed by atoms with Gasteiger partial charge in [0.2, 0.25) is 0 Å². The molecule has 4 unspecified atom stereocenters. The maximum absolute atomic E-state index is 4.63. The molecule has 2 fully saturated rings. The van der Waals surface area contributed by atoms with Crippen LogP contribution in [0.4, 0.5) is 22.7 Å². The summed E-state index contributed by atoms with van der Waals surface area (Å²) in [6.07, 6.45) is 13.5. The third kappa shape index (κ3) is 7.63. The lowest BCUT2D eigenvalue weighted by Crippen LogP contribution is -2.54. The maximum atomic E-state index is 4.63. The lowest BCUT2D eigenvalue weighted by molar-refractivity contribution is 0.195. The zero-order valence-electron chi connectivity index (χ0n) is 48.2. The van der Waals surface area contributed by atoms with Gasteiger partial charge in [0.05, 0.1) is 11.1 Å². The van der Waals surface area contributed by atoms with Crippen LogP contribution in [-0.2, 0) is 10.8 Å². The van der Waals surface area contributed by atoms with Gasteiger partial charge in [-0.2, -0.15) is 0 Å². The SMILES string of the molecule is Cc1cc(N2c3ccc(-c4ccc5c(-c6ccc(-c7ccccc7)cc6)c6cc(-c7ccc8c(c7)C7(C)CCCCC7(C)N8c7ccnc(C)c7)ccc6c(-c6ccc(-c7ccccc7)cc6)c5c4)cc3C3(C)CCCCC23C)ccn1. The number of pyridine rings is 2. The summed E-state index contributed by atoms with van der Waals surface area (Å²) >= 11 is 0. The zero-order chi connectivity index (χ0) is 55.5. The molecule has 82 heavy (non-hydrogen) atoms. The number of aromatic nitrogens is 2. The minimum Gasteiger partial charge on any atom is -0.334 e. The lowest BCUT2D eigenvalue weighted by atomic mass is 9.61. The van der Waals surface area contributed by atoms with E-state index in [1.54, 1.807) is 0 Å². The van der Waals surface area contributed by atoms with Crippen LogP contribution in [0.1, 0.15) is 102 Å². The van der Waals surface area contributed by atoms with Gasteiger partial charge in [0.25, 0.3) is 0 Å². The van der Waals surface area contributed by atoms with Crippen molar-refractivity contribution in [3.63, 3.8) is 0 Å². The first-order chi connectivity index (χ1) is 39.9. The predicted molar refractivity (Wildman–Crippen MR) is 345 cm³/mol. The number of aryl methyl sites for hydroxylation is 2. The Kier molecular flexibility index (Phi) is 11.7. The molecular formula is C78H70N4. The molecule has 2 aliphatic heterocycles. The highest BCUT2D eigenvalue weighted by atomic mass is 15.3. The van der Waals surface area contributed by atoms with E-state index >= 15 is 0 Å². The quantitative estimate of drug-likeness (QED) is 0.142. The predicted octanol–water partition coefficient (Wildman–Crippen LogP) is 20.9. The van der Waals surface area contributed by atoms with Crippen molar-refractivity contribution in [2.24, 2.45) is 0 Å². The van der Waals surface area contributed by atoms with Gasteiger partial charge in [-0.1, -0.05) is 185 Å². The fraction of sp³-hybridized carbons (Fsp3) is 0.231. The largest absolute Gasteiger partial charge is 0.334 e. The summed E-state index contributed by atoms with van der Waals surface area (Å²) in [4.78, 5) is 14.6. The van der Waals surface area contributed by atoms with Gasteiger partial charge in [0.1, 0.15) is 0 Å². The highest BCUT2D eigenvalue weighted by molar-refractivity contribution is 6.22. The molecule has 11 aromatic rings. The normalized spacial score (nSPS) is 21.8. The minimum absolute atomic E-state index is 0.0198. The number of hydrogen-bond donors (Lipinski definition) is 0. The molecule has 0 spiro atoms. The van der Waals surface area contributed by atoms with Gasteiger partial charge in [-0.3, -0.25) is 9.97 Å². The van der Waals surface area contributed by atoms with Crippen LogP contribution < -0.4 is 9.80 Å². The average Bonchev–Trinajstić information content (AvgIpc) is 2.51. The van der Waals surface area contributed by atoms with Crippen LogP contribution in [0.25, 0.3) is 88.3 Å². The standard InChI is InChI=1S/C78H70N4/c1-51-45-63(37-43-79-51)81-71-35-31-61(49-69(71)75(3)39-13-15-41-77(75,81)5)59-29-33-65-67(47-59)73(57-25-21-55(22-26-57)53-17-9-7-10-18-53)66-34-30-60(48-68(66)74(65)58-27-23-56(24-28-58)54-19-11-8-12-20-54)62-32-36-72-70(50-62)76(4)40-14-16-42-78(76,6)82(72)64-38-44-80-52(2)46-64/h7-12,17-38,43-50H,13-16,39-42H2,1-6H3.